The lowest BCUT2D eigenvalue weighted by atomic mass is 9.59. The number of benzene rings is 2. The Morgan fingerprint density at radius 2 is 1.50 bits per heavy atom. The van der Waals surface area contributed by atoms with Gasteiger partial charge in [0.15, 0.2) is 0 Å². The highest BCUT2D eigenvalue weighted by Crippen LogP contribution is 2.77. The van der Waals surface area contributed by atoms with Gasteiger partial charge >= 0.3 is 17.9 Å². The van der Waals surface area contributed by atoms with Crippen LogP contribution < -0.4 is 0 Å². The lowest BCUT2D eigenvalue weighted by molar-refractivity contribution is -0.232. The van der Waals surface area contributed by atoms with E-state index in [0.29, 0.717) is 11.1 Å². The molecular formula is C38H40O8. The molecule has 0 radical (unpaired) electrons. The van der Waals surface area contributed by atoms with Gasteiger partial charge in [0.05, 0.1) is 22.6 Å². The number of esters is 3. The summed E-state index contributed by atoms with van der Waals surface area (Å²) in [5, 5.41) is 0. The first-order valence-corrected chi connectivity index (χ1v) is 16.9. The van der Waals surface area contributed by atoms with Gasteiger partial charge < -0.3 is 23.7 Å². The number of allylic oxidation sites excluding steroid dienone is 1. The van der Waals surface area contributed by atoms with E-state index in [1.807, 2.05) is 43.3 Å². The summed E-state index contributed by atoms with van der Waals surface area (Å²) in [4.78, 5) is 41.3. The summed E-state index contributed by atoms with van der Waals surface area (Å²) < 4.78 is 32.7. The molecule has 4 aliphatic heterocycles. The van der Waals surface area contributed by atoms with E-state index in [4.69, 9.17) is 23.7 Å². The first-order chi connectivity index (χ1) is 22.1. The Labute approximate surface area is 268 Å². The van der Waals surface area contributed by atoms with Crippen LogP contribution in [-0.2, 0) is 28.5 Å². The van der Waals surface area contributed by atoms with Crippen molar-refractivity contribution in [1.29, 1.82) is 0 Å². The minimum atomic E-state index is -1.19. The minimum Gasteiger partial charge on any atom is -0.460 e. The average Bonchev–Trinajstić information content (AvgIpc) is 3.49. The lowest BCUT2D eigenvalue weighted by Crippen LogP contribution is -2.64. The molecule has 14 atom stereocenters. The molecule has 3 bridgehead atoms. The van der Waals surface area contributed by atoms with Crippen LogP contribution in [0.25, 0.3) is 0 Å². The summed E-state index contributed by atoms with van der Waals surface area (Å²) in [6.07, 6.45) is 3.35. The number of hydrogen-bond donors (Lipinski definition) is 0. The first kappa shape index (κ1) is 28.7. The third kappa shape index (κ3) is 3.55. The highest BCUT2D eigenvalue weighted by molar-refractivity contribution is 5.90. The maximum absolute atomic E-state index is 14.1. The zero-order chi connectivity index (χ0) is 31.7. The molecule has 2 aromatic rings. The minimum absolute atomic E-state index is 0.0588. The molecular weight excluding hydrogens is 584 g/mol. The van der Waals surface area contributed by atoms with E-state index in [-0.39, 0.29) is 59.4 Å². The fourth-order valence-corrected chi connectivity index (χ4v) is 11.0. The van der Waals surface area contributed by atoms with Crippen LogP contribution in [0.4, 0.5) is 0 Å². The largest absolute Gasteiger partial charge is 0.460 e. The van der Waals surface area contributed by atoms with Crippen molar-refractivity contribution in [3.63, 3.8) is 0 Å². The number of epoxide rings is 1. The van der Waals surface area contributed by atoms with Gasteiger partial charge in [-0.1, -0.05) is 61.9 Å². The average molecular weight is 625 g/mol. The van der Waals surface area contributed by atoms with Gasteiger partial charge in [0.25, 0.3) is 0 Å². The molecule has 2 saturated carbocycles. The van der Waals surface area contributed by atoms with E-state index in [2.05, 4.69) is 26.8 Å². The second kappa shape index (κ2) is 9.54. The zero-order valence-electron chi connectivity index (χ0n) is 26.6. The van der Waals surface area contributed by atoms with Gasteiger partial charge in [-0.3, -0.25) is 0 Å². The fourth-order valence-electron chi connectivity index (χ4n) is 11.0. The number of carbonyl (C=O) groups is 3. The zero-order valence-corrected chi connectivity index (χ0v) is 26.6. The summed E-state index contributed by atoms with van der Waals surface area (Å²) in [6, 6.07) is 18.0. The quantitative estimate of drug-likeness (QED) is 0.183. The Balaban J connectivity index is 1.16. The molecule has 46 heavy (non-hydrogen) atoms. The number of hydrogen-bond acceptors (Lipinski definition) is 8. The molecule has 9 rings (SSSR count). The van der Waals surface area contributed by atoms with Gasteiger partial charge in [-0.05, 0) is 75.1 Å². The molecule has 0 N–H and O–H groups in total. The summed E-state index contributed by atoms with van der Waals surface area (Å²) >= 11 is 0. The molecule has 8 nitrogen and oxygen atoms in total. The molecule has 7 aliphatic rings. The van der Waals surface area contributed by atoms with Crippen molar-refractivity contribution in [2.75, 3.05) is 0 Å². The van der Waals surface area contributed by atoms with E-state index in [0.717, 1.165) is 19.3 Å². The highest BCUT2D eigenvalue weighted by Gasteiger charge is 2.92. The highest BCUT2D eigenvalue weighted by atomic mass is 16.8. The summed E-state index contributed by atoms with van der Waals surface area (Å²) in [7, 11) is 0. The third-order valence-corrected chi connectivity index (χ3v) is 13.1. The Morgan fingerprint density at radius 1 is 0.870 bits per heavy atom. The second-order valence-corrected chi connectivity index (χ2v) is 15.1. The fraction of sp³-hybridized carbons (Fsp3) is 0.553. The molecule has 3 aliphatic carbocycles. The smallest absolute Gasteiger partial charge is 0.344 e. The van der Waals surface area contributed by atoms with Crippen LogP contribution in [0.5, 0.6) is 0 Å². The third-order valence-electron chi connectivity index (χ3n) is 13.1. The van der Waals surface area contributed by atoms with E-state index in [1.165, 1.54) is 5.57 Å². The Kier molecular flexibility index (Phi) is 5.95. The Hall–Kier alpha value is -3.49. The van der Waals surface area contributed by atoms with E-state index in [1.54, 1.807) is 24.3 Å². The van der Waals surface area contributed by atoms with Crippen LogP contribution in [0.3, 0.4) is 0 Å². The molecule has 0 amide bonds. The van der Waals surface area contributed by atoms with Gasteiger partial charge in [0, 0.05) is 23.7 Å². The predicted molar refractivity (Wildman–Crippen MR) is 164 cm³/mol. The van der Waals surface area contributed by atoms with Crippen LogP contribution in [-0.4, -0.2) is 53.2 Å². The molecule has 0 aromatic heterocycles. The Bertz CT molecular complexity index is 1650. The summed E-state index contributed by atoms with van der Waals surface area (Å²) in [5.74, 6) is -2.93. The normalized spacial score (nSPS) is 47.3. The van der Waals surface area contributed by atoms with Crippen LogP contribution in [0.1, 0.15) is 67.7 Å². The molecule has 0 unspecified atom stereocenters. The van der Waals surface area contributed by atoms with E-state index >= 15 is 0 Å². The monoisotopic (exact) mass is 624 g/mol. The van der Waals surface area contributed by atoms with Crippen LogP contribution in [0.15, 0.2) is 72.3 Å². The van der Waals surface area contributed by atoms with Gasteiger partial charge in [0.1, 0.15) is 18.3 Å². The molecule has 1 spiro atoms. The molecule has 6 fully saturated rings. The number of fused-ring (bicyclic) bond motifs is 8. The predicted octanol–water partition coefficient (Wildman–Crippen LogP) is 5.76. The molecule has 4 saturated heterocycles. The van der Waals surface area contributed by atoms with Crippen molar-refractivity contribution in [2.24, 2.45) is 47.3 Å². The second-order valence-electron chi connectivity index (χ2n) is 15.1. The van der Waals surface area contributed by atoms with Crippen molar-refractivity contribution >= 4 is 17.9 Å². The van der Waals surface area contributed by atoms with E-state index < -0.39 is 41.1 Å². The Morgan fingerprint density at radius 3 is 2.15 bits per heavy atom. The number of rotatable bonds is 4. The van der Waals surface area contributed by atoms with Crippen LogP contribution in [0.2, 0.25) is 0 Å². The summed E-state index contributed by atoms with van der Waals surface area (Å²) in [5.41, 5.74) is 0.515. The van der Waals surface area contributed by atoms with Crippen molar-refractivity contribution in [3.05, 3.63) is 83.4 Å². The number of ether oxygens (including phenoxy) is 5. The first-order valence-electron chi connectivity index (χ1n) is 16.9. The standard InChI is InChI=1S/C38H40O8/c1-19-17-25-29(28-24(19)18-26-30(28)37-35(41)42-27-15-16-36(26,4)45-38(37,46-37)21(27)3)32(44-34(40)23-13-9-6-10-14-23)20(2)31(25)43-33(39)22-11-7-5-8-12-22/h5-14,17,20-21,24-32H,15-16,18H2,1-4H3/t20-,21-,24-,25+,26+,27-,28-,29-,30+,31-,32+,36+,37+,38-/m1/s1. The molecule has 4 heterocycles. The topological polar surface area (TPSA) is 101 Å². The van der Waals surface area contributed by atoms with Crippen LogP contribution in [0, 0.1) is 47.3 Å². The lowest BCUT2D eigenvalue weighted by Gasteiger charge is -2.50. The summed E-state index contributed by atoms with van der Waals surface area (Å²) in [6.45, 7) is 8.48. The van der Waals surface area contributed by atoms with Crippen LogP contribution >= 0.6 is 0 Å². The molecule has 8 heteroatoms. The maximum Gasteiger partial charge on any atom is 0.344 e. The molecule has 240 valence electrons. The SMILES string of the molecule is CC1=C[C@@H]2[C@H](OC(=O)c3ccccc3)[C@@H](C)[C@H](OC(=O)c3ccccc3)[C@H]2[C@@H]2[C@@H]3[C@H](C[C@H]12)[C@]1(C)CC[C@H]2OC(=O)[C@@]34O[C@]4(O1)[C@@H]2C. The van der Waals surface area contributed by atoms with Crippen molar-refractivity contribution in [1.82, 2.24) is 0 Å². The number of carbonyl (C=O) groups excluding carboxylic acids is 3. The van der Waals surface area contributed by atoms with Crippen molar-refractivity contribution in [2.45, 2.75) is 82.3 Å². The maximum atomic E-state index is 14.1. The van der Waals surface area contributed by atoms with Gasteiger partial charge in [-0.2, -0.15) is 0 Å². The van der Waals surface area contributed by atoms with Gasteiger partial charge in [-0.25, -0.2) is 14.4 Å². The van der Waals surface area contributed by atoms with Crippen molar-refractivity contribution < 1.29 is 38.1 Å². The van der Waals surface area contributed by atoms with Crippen molar-refractivity contribution in [3.8, 4) is 0 Å². The molecule has 2 aromatic carbocycles. The van der Waals surface area contributed by atoms with Gasteiger partial charge in [-0.15, -0.1) is 0 Å². The van der Waals surface area contributed by atoms with E-state index in [9.17, 15) is 14.4 Å². The van der Waals surface area contributed by atoms with Gasteiger partial charge in [0.2, 0.25) is 11.4 Å².